The Morgan fingerprint density at radius 3 is 2.28 bits per heavy atom. The third-order valence-electron chi connectivity index (χ3n) is 4.91. The van der Waals surface area contributed by atoms with Gasteiger partial charge in [-0.2, -0.15) is 0 Å². The molecule has 0 aliphatic heterocycles. The van der Waals surface area contributed by atoms with E-state index >= 15 is 0 Å². The number of hydrogen-bond donors (Lipinski definition) is 0. The van der Waals surface area contributed by atoms with Gasteiger partial charge < -0.3 is 0 Å². The fourth-order valence-corrected chi connectivity index (χ4v) is 3.29. The Balaban J connectivity index is 2.31. The van der Waals surface area contributed by atoms with E-state index in [1.54, 1.807) is 0 Å². The second-order valence-corrected chi connectivity index (χ2v) is 6.21. The molecule has 0 aromatic rings. The molecule has 1 nitrogen and oxygen atoms in total. The molecule has 0 N–H and O–H groups in total. The van der Waals surface area contributed by atoms with E-state index in [1.165, 1.54) is 57.8 Å². The average Bonchev–Trinajstić information content (AvgIpc) is 2.43. The Kier molecular flexibility index (Phi) is 7.62. The second kappa shape index (κ2) is 8.72. The van der Waals surface area contributed by atoms with Gasteiger partial charge in [-0.25, -0.2) is 0 Å². The normalized spacial score (nSPS) is 25.9. The van der Waals surface area contributed by atoms with Gasteiger partial charge in [0, 0.05) is 12.3 Å². The van der Waals surface area contributed by atoms with Crippen molar-refractivity contribution in [1.82, 2.24) is 0 Å². The van der Waals surface area contributed by atoms with Gasteiger partial charge in [0.1, 0.15) is 5.78 Å². The van der Waals surface area contributed by atoms with Crippen molar-refractivity contribution in [1.29, 1.82) is 0 Å². The molecule has 0 spiro atoms. The molecule has 1 saturated carbocycles. The molecular weight excluding hydrogens is 220 g/mol. The van der Waals surface area contributed by atoms with Crippen molar-refractivity contribution >= 4 is 5.78 Å². The molecule has 18 heavy (non-hydrogen) atoms. The fourth-order valence-electron chi connectivity index (χ4n) is 3.29. The number of unbranched alkanes of at least 4 members (excludes halogenated alkanes) is 1. The molecule has 1 aliphatic carbocycles. The molecule has 0 amide bonds. The molecule has 0 radical (unpaired) electrons. The van der Waals surface area contributed by atoms with Crippen LogP contribution in [0.2, 0.25) is 0 Å². The minimum Gasteiger partial charge on any atom is -0.299 e. The van der Waals surface area contributed by atoms with Crippen LogP contribution in [0.3, 0.4) is 0 Å². The third-order valence-corrected chi connectivity index (χ3v) is 4.91. The van der Waals surface area contributed by atoms with Gasteiger partial charge in [-0.1, -0.05) is 52.9 Å². The van der Waals surface area contributed by atoms with Gasteiger partial charge >= 0.3 is 0 Å². The molecule has 0 heterocycles. The highest BCUT2D eigenvalue weighted by atomic mass is 16.1. The largest absolute Gasteiger partial charge is 0.299 e. The minimum absolute atomic E-state index is 0.406. The van der Waals surface area contributed by atoms with Gasteiger partial charge in [-0.15, -0.1) is 0 Å². The van der Waals surface area contributed by atoms with Crippen LogP contribution in [0.5, 0.6) is 0 Å². The first-order valence-corrected chi connectivity index (χ1v) is 8.23. The predicted molar refractivity (Wildman–Crippen MR) is 78.7 cm³/mol. The first-order chi connectivity index (χ1) is 8.71. The first-order valence-electron chi connectivity index (χ1n) is 8.23. The Morgan fingerprint density at radius 1 is 1.11 bits per heavy atom. The molecule has 0 aromatic carbocycles. The molecule has 1 atom stereocenters. The molecule has 1 heteroatoms. The van der Waals surface area contributed by atoms with Crippen LogP contribution in [-0.4, -0.2) is 5.78 Å². The van der Waals surface area contributed by atoms with Crippen LogP contribution in [0.1, 0.15) is 85.0 Å². The number of hydrogen-bond acceptors (Lipinski definition) is 1. The summed E-state index contributed by atoms with van der Waals surface area (Å²) >= 11 is 0. The summed E-state index contributed by atoms with van der Waals surface area (Å²) in [5.74, 6) is 2.54. The number of Topliss-reactive ketones (excluding diaryl/α,β-unsaturated/α-hetero) is 1. The average molecular weight is 252 g/mol. The summed E-state index contributed by atoms with van der Waals surface area (Å²) in [7, 11) is 0. The zero-order valence-corrected chi connectivity index (χ0v) is 12.7. The number of rotatable bonds is 8. The van der Waals surface area contributed by atoms with Crippen LogP contribution >= 0.6 is 0 Å². The Hall–Kier alpha value is -0.330. The highest BCUT2D eigenvalue weighted by Crippen LogP contribution is 2.33. The molecule has 1 rings (SSSR count). The van der Waals surface area contributed by atoms with E-state index in [0.29, 0.717) is 17.6 Å². The summed E-state index contributed by atoms with van der Waals surface area (Å²) in [4.78, 5) is 12.3. The fraction of sp³-hybridized carbons (Fsp3) is 0.941. The van der Waals surface area contributed by atoms with E-state index < -0.39 is 0 Å². The molecular formula is C17H32O. The highest BCUT2D eigenvalue weighted by Gasteiger charge is 2.26. The van der Waals surface area contributed by atoms with Crippen molar-refractivity contribution in [3.63, 3.8) is 0 Å². The maximum absolute atomic E-state index is 12.3. The van der Waals surface area contributed by atoms with E-state index in [1.807, 2.05) is 0 Å². The first kappa shape index (κ1) is 15.7. The van der Waals surface area contributed by atoms with Gasteiger partial charge in [0.25, 0.3) is 0 Å². The number of ketones is 1. The van der Waals surface area contributed by atoms with E-state index in [4.69, 9.17) is 0 Å². The lowest BCUT2D eigenvalue weighted by Crippen LogP contribution is -2.23. The maximum Gasteiger partial charge on any atom is 0.136 e. The summed E-state index contributed by atoms with van der Waals surface area (Å²) < 4.78 is 0. The van der Waals surface area contributed by atoms with Crippen molar-refractivity contribution in [3.8, 4) is 0 Å². The standard InChI is InChI=1S/C17H32O/c1-4-7-8-15(6-3)13-17(18)16-11-9-14(5-2)10-12-16/h14-16H,4-13H2,1-3H3. The molecule has 0 saturated heterocycles. The van der Waals surface area contributed by atoms with Crippen LogP contribution in [0.25, 0.3) is 0 Å². The summed E-state index contributed by atoms with van der Waals surface area (Å²) in [5.41, 5.74) is 0. The Bertz CT molecular complexity index is 226. The lowest BCUT2D eigenvalue weighted by Gasteiger charge is -2.27. The number of carbonyl (C=O) groups excluding carboxylic acids is 1. The minimum atomic E-state index is 0.406. The quantitative estimate of drug-likeness (QED) is 0.567. The molecule has 1 fully saturated rings. The van der Waals surface area contributed by atoms with Gasteiger partial charge in [-0.05, 0) is 37.5 Å². The summed E-state index contributed by atoms with van der Waals surface area (Å²) in [5, 5.41) is 0. The summed E-state index contributed by atoms with van der Waals surface area (Å²) in [6.45, 7) is 6.76. The number of carbonyl (C=O) groups is 1. The van der Waals surface area contributed by atoms with Crippen LogP contribution < -0.4 is 0 Å². The molecule has 1 aliphatic rings. The molecule has 0 bridgehead atoms. The molecule has 106 valence electrons. The van der Waals surface area contributed by atoms with Gasteiger partial charge in [0.05, 0.1) is 0 Å². The van der Waals surface area contributed by atoms with E-state index in [9.17, 15) is 4.79 Å². The van der Waals surface area contributed by atoms with Gasteiger partial charge in [0.15, 0.2) is 0 Å². The maximum atomic E-state index is 12.3. The lowest BCUT2D eigenvalue weighted by atomic mass is 9.77. The van der Waals surface area contributed by atoms with E-state index in [-0.39, 0.29) is 0 Å². The SMILES string of the molecule is CCCCC(CC)CC(=O)C1CCC(CC)CC1. The van der Waals surface area contributed by atoms with Crippen molar-refractivity contribution < 1.29 is 4.79 Å². The van der Waals surface area contributed by atoms with Crippen LogP contribution in [0.4, 0.5) is 0 Å². The van der Waals surface area contributed by atoms with E-state index in [0.717, 1.165) is 12.3 Å². The molecule has 1 unspecified atom stereocenters. The van der Waals surface area contributed by atoms with Crippen LogP contribution in [0, 0.1) is 17.8 Å². The Morgan fingerprint density at radius 2 is 1.78 bits per heavy atom. The smallest absolute Gasteiger partial charge is 0.136 e. The zero-order chi connectivity index (χ0) is 13.4. The highest BCUT2D eigenvalue weighted by molar-refractivity contribution is 5.81. The zero-order valence-electron chi connectivity index (χ0n) is 12.7. The van der Waals surface area contributed by atoms with Crippen molar-refractivity contribution in [2.24, 2.45) is 17.8 Å². The van der Waals surface area contributed by atoms with Crippen LogP contribution in [0.15, 0.2) is 0 Å². The second-order valence-electron chi connectivity index (χ2n) is 6.21. The van der Waals surface area contributed by atoms with E-state index in [2.05, 4.69) is 20.8 Å². The summed E-state index contributed by atoms with van der Waals surface area (Å²) in [6.07, 6.45) is 12.0. The lowest BCUT2D eigenvalue weighted by molar-refractivity contribution is -0.125. The monoisotopic (exact) mass is 252 g/mol. The predicted octanol–water partition coefficient (Wildman–Crippen LogP) is 5.38. The topological polar surface area (TPSA) is 17.1 Å². The van der Waals surface area contributed by atoms with Gasteiger partial charge in [0.2, 0.25) is 0 Å². The third kappa shape index (κ3) is 5.12. The summed E-state index contributed by atoms with van der Waals surface area (Å²) in [6, 6.07) is 0. The van der Waals surface area contributed by atoms with Crippen molar-refractivity contribution in [2.45, 2.75) is 85.0 Å². The van der Waals surface area contributed by atoms with Crippen LogP contribution in [-0.2, 0) is 4.79 Å². The Labute approximate surface area is 114 Å². The van der Waals surface area contributed by atoms with Crippen molar-refractivity contribution in [2.75, 3.05) is 0 Å². The molecule has 0 aromatic heterocycles. The van der Waals surface area contributed by atoms with Gasteiger partial charge in [-0.3, -0.25) is 4.79 Å². The van der Waals surface area contributed by atoms with Crippen molar-refractivity contribution in [3.05, 3.63) is 0 Å².